The van der Waals surface area contributed by atoms with Crippen LogP contribution in [0.5, 0.6) is 0 Å². The summed E-state index contributed by atoms with van der Waals surface area (Å²) in [5, 5.41) is 10.4. The Kier molecular flexibility index (Phi) is 3.69. The molecule has 0 amide bonds. The molecule has 0 saturated heterocycles. The van der Waals surface area contributed by atoms with Gasteiger partial charge in [0.2, 0.25) is 0 Å². The zero-order chi connectivity index (χ0) is 14.5. The van der Waals surface area contributed by atoms with Crippen molar-refractivity contribution >= 4 is 11.9 Å². The van der Waals surface area contributed by atoms with Gasteiger partial charge in [-0.3, -0.25) is 9.89 Å². The fourth-order valence-electron chi connectivity index (χ4n) is 2.07. The van der Waals surface area contributed by atoms with Gasteiger partial charge in [-0.2, -0.15) is 0 Å². The second-order valence-corrected chi connectivity index (χ2v) is 4.51. The molecule has 4 heteroatoms. The molecule has 0 saturated carbocycles. The van der Waals surface area contributed by atoms with E-state index in [0.29, 0.717) is 5.56 Å². The van der Waals surface area contributed by atoms with Crippen LogP contribution in [0.4, 0.5) is 0 Å². The number of ketones is 1. The van der Waals surface area contributed by atoms with E-state index in [-0.39, 0.29) is 5.78 Å². The quantitative estimate of drug-likeness (QED) is 0.586. The number of carbonyl (C=O) groups excluding carboxylic acids is 1. The average molecular weight is 275 g/mol. The van der Waals surface area contributed by atoms with Crippen molar-refractivity contribution in [2.75, 3.05) is 0 Å². The van der Waals surface area contributed by atoms with Crippen molar-refractivity contribution in [2.45, 2.75) is 0 Å². The van der Waals surface area contributed by atoms with Crippen molar-refractivity contribution in [2.24, 2.45) is 0 Å². The Labute approximate surface area is 122 Å². The number of allylic oxidation sites excluding steroid dienone is 1. The van der Waals surface area contributed by atoms with Gasteiger partial charge in [-0.1, -0.05) is 65.9 Å². The van der Waals surface area contributed by atoms with E-state index in [1.807, 2.05) is 42.5 Å². The molecule has 3 aromatic rings. The van der Waals surface area contributed by atoms with Crippen molar-refractivity contribution in [3.8, 4) is 11.3 Å². The summed E-state index contributed by atoms with van der Waals surface area (Å²) < 4.78 is 0. The van der Waals surface area contributed by atoms with Gasteiger partial charge in [0, 0.05) is 11.1 Å². The zero-order valence-corrected chi connectivity index (χ0v) is 11.2. The van der Waals surface area contributed by atoms with E-state index in [1.165, 1.54) is 0 Å². The van der Waals surface area contributed by atoms with Gasteiger partial charge in [-0.15, -0.1) is 5.10 Å². The van der Waals surface area contributed by atoms with Crippen molar-refractivity contribution in [1.82, 2.24) is 15.4 Å². The molecule has 102 valence electrons. The number of hydrogen-bond donors (Lipinski definition) is 1. The molecule has 0 unspecified atom stereocenters. The van der Waals surface area contributed by atoms with Gasteiger partial charge in [-0.05, 0) is 11.6 Å². The Morgan fingerprint density at radius 2 is 1.76 bits per heavy atom. The summed E-state index contributed by atoms with van der Waals surface area (Å²) in [6.45, 7) is 0. The van der Waals surface area contributed by atoms with E-state index in [2.05, 4.69) is 15.4 Å². The van der Waals surface area contributed by atoms with Gasteiger partial charge in [0.1, 0.15) is 5.69 Å². The summed E-state index contributed by atoms with van der Waals surface area (Å²) in [7, 11) is 0. The van der Waals surface area contributed by atoms with Crippen LogP contribution in [0.15, 0.2) is 66.9 Å². The predicted octanol–water partition coefficient (Wildman–Crippen LogP) is 3.37. The van der Waals surface area contributed by atoms with Crippen molar-refractivity contribution in [3.05, 3.63) is 78.0 Å². The van der Waals surface area contributed by atoms with E-state index in [4.69, 9.17) is 0 Å². The minimum Gasteiger partial charge on any atom is -0.289 e. The van der Waals surface area contributed by atoms with E-state index in [1.54, 1.807) is 30.5 Å². The van der Waals surface area contributed by atoms with E-state index < -0.39 is 0 Å². The molecule has 3 rings (SSSR count). The molecule has 2 aromatic carbocycles. The lowest BCUT2D eigenvalue weighted by Crippen LogP contribution is -1.93. The van der Waals surface area contributed by atoms with Crippen molar-refractivity contribution in [3.63, 3.8) is 0 Å². The number of benzene rings is 2. The van der Waals surface area contributed by atoms with Crippen LogP contribution in [0, 0.1) is 0 Å². The van der Waals surface area contributed by atoms with Gasteiger partial charge in [0.05, 0.1) is 6.20 Å². The largest absolute Gasteiger partial charge is 0.289 e. The normalized spacial score (nSPS) is 10.9. The first-order valence-corrected chi connectivity index (χ1v) is 6.58. The third-order valence-corrected chi connectivity index (χ3v) is 3.13. The number of H-pyrrole nitrogens is 1. The smallest absolute Gasteiger partial charge is 0.185 e. The Balaban J connectivity index is 1.89. The fourth-order valence-corrected chi connectivity index (χ4v) is 2.07. The lowest BCUT2D eigenvalue weighted by atomic mass is 10.0. The number of rotatable bonds is 4. The van der Waals surface area contributed by atoms with Crippen LogP contribution in [0.25, 0.3) is 17.3 Å². The Hall–Kier alpha value is -3.01. The average Bonchev–Trinajstić information content (AvgIpc) is 3.08. The molecule has 0 atom stereocenters. The number of hydrogen-bond acceptors (Lipinski definition) is 3. The summed E-state index contributed by atoms with van der Waals surface area (Å²) in [6.07, 6.45) is 5.11. The highest BCUT2D eigenvalue weighted by Crippen LogP contribution is 2.21. The highest BCUT2D eigenvalue weighted by atomic mass is 16.1. The van der Waals surface area contributed by atoms with Crippen molar-refractivity contribution in [1.29, 1.82) is 0 Å². The minimum atomic E-state index is -0.0226. The molecule has 0 aliphatic carbocycles. The summed E-state index contributed by atoms with van der Waals surface area (Å²) in [6, 6.07) is 16.9. The second-order valence-electron chi connectivity index (χ2n) is 4.51. The minimum absolute atomic E-state index is 0.0226. The van der Waals surface area contributed by atoms with Gasteiger partial charge < -0.3 is 0 Å². The first-order chi connectivity index (χ1) is 10.3. The van der Waals surface area contributed by atoms with Crippen LogP contribution in [0.3, 0.4) is 0 Å². The molecule has 4 nitrogen and oxygen atoms in total. The van der Waals surface area contributed by atoms with Crippen LogP contribution in [-0.2, 0) is 0 Å². The molecule has 1 aromatic heterocycles. The van der Waals surface area contributed by atoms with Gasteiger partial charge >= 0.3 is 0 Å². The van der Waals surface area contributed by atoms with Gasteiger partial charge in [0.25, 0.3) is 0 Å². The lowest BCUT2D eigenvalue weighted by Gasteiger charge is -2.01. The molecule has 1 heterocycles. The third-order valence-electron chi connectivity index (χ3n) is 3.13. The summed E-state index contributed by atoms with van der Waals surface area (Å²) in [4.78, 5) is 12.1. The van der Waals surface area contributed by atoms with Gasteiger partial charge in [-0.25, -0.2) is 0 Å². The van der Waals surface area contributed by atoms with E-state index >= 15 is 0 Å². The molecule has 0 bridgehead atoms. The summed E-state index contributed by atoms with van der Waals surface area (Å²) in [5.41, 5.74) is 3.29. The number of aromatic amines is 1. The molecular formula is C17H13N3O. The molecule has 0 aliphatic rings. The van der Waals surface area contributed by atoms with E-state index in [9.17, 15) is 4.79 Å². The number of aromatic nitrogens is 3. The highest BCUT2D eigenvalue weighted by molar-refractivity contribution is 6.07. The predicted molar refractivity (Wildman–Crippen MR) is 81.6 cm³/mol. The maximum atomic E-state index is 12.1. The molecule has 0 spiro atoms. The van der Waals surface area contributed by atoms with Crippen LogP contribution in [0.2, 0.25) is 0 Å². The highest BCUT2D eigenvalue weighted by Gasteiger charge is 2.05. The molecule has 0 aliphatic heterocycles. The zero-order valence-electron chi connectivity index (χ0n) is 11.2. The number of nitrogens with zero attached hydrogens (tertiary/aromatic N) is 2. The number of carbonyl (C=O) groups is 1. The van der Waals surface area contributed by atoms with Gasteiger partial charge in [0.15, 0.2) is 5.78 Å². The lowest BCUT2D eigenvalue weighted by molar-refractivity contribution is 0.104. The second kappa shape index (κ2) is 5.96. The van der Waals surface area contributed by atoms with Crippen LogP contribution in [-0.4, -0.2) is 21.2 Å². The fraction of sp³-hybridized carbons (Fsp3) is 0. The topological polar surface area (TPSA) is 58.6 Å². The first-order valence-electron chi connectivity index (χ1n) is 6.58. The molecular weight excluding hydrogens is 262 g/mol. The maximum absolute atomic E-state index is 12.1. The van der Waals surface area contributed by atoms with Crippen LogP contribution in [0.1, 0.15) is 15.9 Å². The standard InChI is InChI=1S/C17H13N3O/c21-17(14-7-2-1-3-8-14)11-10-13-6-4-5-9-15(13)16-12-18-20-19-16/h1-12H,(H,18,19,20). The third kappa shape index (κ3) is 2.95. The monoisotopic (exact) mass is 275 g/mol. The van der Waals surface area contributed by atoms with Crippen molar-refractivity contribution < 1.29 is 4.79 Å². The molecule has 1 N–H and O–H groups in total. The Morgan fingerprint density at radius 1 is 1.00 bits per heavy atom. The van der Waals surface area contributed by atoms with Crippen LogP contribution >= 0.6 is 0 Å². The Bertz CT molecular complexity index is 762. The molecule has 21 heavy (non-hydrogen) atoms. The van der Waals surface area contributed by atoms with E-state index in [0.717, 1.165) is 16.8 Å². The first kappa shape index (κ1) is 13.0. The molecule has 0 radical (unpaired) electrons. The Morgan fingerprint density at radius 3 is 2.52 bits per heavy atom. The summed E-state index contributed by atoms with van der Waals surface area (Å²) in [5.74, 6) is -0.0226. The molecule has 0 fully saturated rings. The summed E-state index contributed by atoms with van der Waals surface area (Å²) >= 11 is 0. The maximum Gasteiger partial charge on any atom is 0.185 e. The SMILES string of the molecule is O=C(C=Cc1ccccc1-c1c[nH]nn1)c1ccccc1. The van der Waals surface area contributed by atoms with Crippen LogP contribution < -0.4 is 0 Å². The number of nitrogens with one attached hydrogen (secondary N) is 1.